The van der Waals surface area contributed by atoms with E-state index in [9.17, 15) is 0 Å². The summed E-state index contributed by atoms with van der Waals surface area (Å²) in [7, 11) is 0. The van der Waals surface area contributed by atoms with Crippen molar-refractivity contribution in [2.75, 3.05) is 5.73 Å². The van der Waals surface area contributed by atoms with Gasteiger partial charge >= 0.3 is 0 Å². The van der Waals surface area contributed by atoms with E-state index in [1.807, 2.05) is 6.07 Å². The second-order valence-corrected chi connectivity index (χ2v) is 3.10. The van der Waals surface area contributed by atoms with Crippen LogP contribution in [0.15, 0.2) is 18.3 Å². The average Bonchev–Trinajstić information content (AvgIpc) is 2.42. The number of anilines is 1. The van der Waals surface area contributed by atoms with Gasteiger partial charge in [-0.1, -0.05) is 11.6 Å². The van der Waals surface area contributed by atoms with Gasteiger partial charge in [0.15, 0.2) is 5.15 Å². The van der Waals surface area contributed by atoms with Gasteiger partial charge in [-0.05, 0) is 12.1 Å². The van der Waals surface area contributed by atoms with Crippen LogP contribution in [0, 0.1) is 0 Å². The molecule has 0 aliphatic heterocycles. The number of aromatic nitrogens is 2. The molecule has 68 valence electrons. The van der Waals surface area contributed by atoms with E-state index >= 15 is 0 Å². The molecule has 2 aromatic heterocycles. The highest BCUT2D eigenvalue weighted by Gasteiger charge is 2.06. The maximum absolute atomic E-state index is 5.88. The van der Waals surface area contributed by atoms with Gasteiger partial charge in [-0.3, -0.25) is 4.40 Å². The Hall–Kier alpha value is -1.26. The molecular formula is C8H9ClN4. The molecule has 2 aromatic rings. The topological polar surface area (TPSA) is 69.3 Å². The number of halogens is 1. The largest absolute Gasteiger partial charge is 0.398 e. The van der Waals surface area contributed by atoms with Crippen molar-refractivity contribution in [1.29, 1.82) is 0 Å². The zero-order chi connectivity index (χ0) is 9.42. The van der Waals surface area contributed by atoms with Crippen LogP contribution in [-0.2, 0) is 6.54 Å². The maximum atomic E-state index is 5.88. The van der Waals surface area contributed by atoms with E-state index in [4.69, 9.17) is 23.1 Å². The SMILES string of the molecule is NCc1nc(Cl)c2ccc(N)cn12. The first-order chi connectivity index (χ1) is 6.22. The standard InChI is InChI=1S/C8H9ClN4/c9-8-6-2-1-5(11)4-13(6)7(3-10)12-8/h1-2,4H,3,10-11H2. The Morgan fingerprint density at radius 1 is 1.46 bits per heavy atom. The van der Waals surface area contributed by atoms with E-state index in [0.717, 1.165) is 5.52 Å². The van der Waals surface area contributed by atoms with Crippen LogP contribution in [0.25, 0.3) is 5.52 Å². The van der Waals surface area contributed by atoms with E-state index in [-0.39, 0.29) is 0 Å². The number of nitrogens with two attached hydrogens (primary N) is 2. The molecule has 0 fully saturated rings. The van der Waals surface area contributed by atoms with Gasteiger partial charge in [0.2, 0.25) is 0 Å². The number of nitrogens with zero attached hydrogens (tertiary/aromatic N) is 2. The molecule has 0 saturated heterocycles. The predicted molar refractivity (Wildman–Crippen MR) is 52.5 cm³/mol. The molecule has 4 nitrogen and oxygen atoms in total. The Morgan fingerprint density at radius 2 is 2.23 bits per heavy atom. The minimum Gasteiger partial charge on any atom is -0.398 e. The summed E-state index contributed by atoms with van der Waals surface area (Å²) in [6.45, 7) is 0.345. The summed E-state index contributed by atoms with van der Waals surface area (Å²) in [6.07, 6.45) is 1.76. The van der Waals surface area contributed by atoms with Crippen LogP contribution < -0.4 is 11.5 Å². The Balaban J connectivity index is 2.81. The highest BCUT2D eigenvalue weighted by atomic mass is 35.5. The van der Waals surface area contributed by atoms with E-state index in [1.54, 1.807) is 16.7 Å². The lowest BCUT2D eigenvalue weighted by Gasteiger charge is -1.98. The monoisotopic (exact) mass is 196 g/mol. The van der Waals surface area contributed by atoms with Crippen molar-refractivity contribution in [3.05, 3.63) is 29.3 Å². The van der Waals surface area contributed by atoms with Crippen molar-refractivity contribution in [2.45, 2.75) is 6.54 Å². The minimum absolute atomic E-state index is 0.345. The second kappa shape index (κ2) is 2.90. The molecule has 0 aliphatic carbocycles. The number of hydrogen-bond donors (Lipinski definition) is 2. The Kier molecular flexibility index (Phi) is 1.86. The fourth-order valence-corrected chi connectivity index (χ4v) is 1.52. The van der Waals surface area contributed by atoms with Gasteiger partial charge in [0.25, 0.3) is 0 Å². The van der Waals surface area contributed by atoms with Crippen molar-refractivity contribution in [1.82, 2.24) is 9.38 Å². The van der Waals surface area contributed by atoms with E-state index < -0.39 is 0 Å². The molecule has 0 saturated carbocycles. The first-order valence-corrected chi connectivity index (χ1v) is 4.22. The molecule has 4 N–H and O–H groups in total. The molecule has 2 rings (SSSR count). The third kappa shape index (κ3) is 1.24. The number of imidazole rings is 1. The minimum atomic E-state index is 0.345. The number of nitrogen functional groups attached to an aromatic ring is 1. The number of fused-ring (bicyclic) bond motifs is 1. The zero-order valence-electron chi connectivity index (χ0n) is 6.87. The van der Waals surface area contributed by atoms with Crippen LogP contribution in [0.3, 0.4) is 0 Å². The predicted octanol–water partition coefficient (Wildman–Crippen LogP) is 1.03. The number of rotatable bonds is 1. The summed E-state index contributed by atoms with van der Waals surface area (Å²) >= 11 is 5.88. The Morgan fingerprint density at radius 3 is 2.92 bits per heavy atom. The van der Waals surface area contributed by atoms with Crippen molar-refractivity contribution in [2.24, 2.45) is 5.73 Å². The van der Waals surface area contributed by atoms with Gasteiger partial charge < -0.3 is 11.5 Å². The summed E-state index contributed by atoms with van der Waals surface area (Å²) in [5.41, 5.74) is 12.6. The van der Waals surface area contributed by atoms with Gasteiger partial charge in [0.05, 0.1) is 12.1 Å². The highest BCUT2D eigenvalue weighted by Crippen LogP contribution is 2.19. The quantitative estimate of drug-likeness (QED) is 0.716. The van der Waals surface area contributed by atoms with Gasteiger partial charge in [-0.25, -0.2) is 4.98 Å². The van der Waals surface area contributed by atoms with E-state index in [1.165, 1.54) is 0 Å². The molecule has 0 aromatic carbocycles. The lowest BCUT2D eigenvalue weighted by atomic mass is 10.4. The molecule has 13 heavy (non-hydrogen) atoms. The molecule has 0 atom stereocenters. The molecule has 5 heteroatoms. The molecule has 0 amide bonds. The summed E-state index contributed by atoms with van der Waals surface area (Å²) in [4.78, 5) is 4.10. The lowest BCUT2D eigenvalue weighted by Crippen LogP contribution is -2.02. The summed E-state index contributed by atoms with van der Waals surface area (Å²) in [5.74, 6) is 0.715. The number of pyridine rings is 1. The van der Waals surface area contributed by atoms with Crippen molar-refractivity contribution in [3.63, 3.8) is 0 Å². The fraction of sp³-hybridized carbons (Fsp3) is 0.125. The average molecular weight is 197 g/mol. The van der Waals surface area contributed by atoms with Crippen LogP contribution >= 0.6 is 11.6 Å². The first-order valence-electron chi connectivity index (χ1n) is 3.84. The van der Waals surface area contributed by atoms with Crippen LogP contribution in [-0.4, -0.2) is 9.38 Å². The third-order valence-electron chi connectivity index (χ3n) is 1.87. The second-order valence-electron chi connectivity index (χ2n) is 2.74. The molecule has 0 radical (unpaired) electrons. The molecular weight excluding hydrogens is 188 g/mol. The molecule has 0 aliphatic rings. The number of hydrogen-bond acceptors (Lipinski definition) is 3. The third-order valence-corrected chi connectivity index (χ3v) is 2.15. The summed E-state index contributed by atoms with van der Waals surface area (Å²) < 4.78 is 1.80. The molecule has 0 spiro atoms. The summed E-state index contributed by atoms with van der Waals surface area (Å²) in [5, 5.41) is 0.459. The Labute approximate surface area is 80.1 Å². The maximum Gasteiger partial charge on any atom is 0.155 e. The summed E-state index contributed by atoms with van der Waals surface area (Å²) in [6, 6.07) is 3.60. The zero-order valence-corrected chi connectivity index (χ0v) is 7.62. The van der Waals surface area contributed by atoms with E-state index in [0.29, 0.717) is 23.2 Å². The molecule has 0 bridgehead atoms. The molecule has 0 unspecified atom stereocenters. The van der Waals surface area contributed by atoms with Crippen molar-refractivity contribution in [3.8, 4) is 0 Å². The van der Waals surface area contributed by atoms with Crippen LogP contribution in [0.1, 0.15) is 5.82 Å². The van der Waals surface area contributed by atoms with E-state index in [2.05, 4.69) is 4.98 Å². The van der Waals surface area contributed by atoms with Crippen LogP contribution in [0.2, 0.25) is 5.15 Å². The van der Waals surface area contributed by atoms with Gasteiger partial charge in [-0.15, -0.1) is 0 Å². The smallest absolute Gasteiger partial charge is 0.155 e. The Bertz CT molecular complexity index is 449. The van der Waals surface area contributed by atoms with Crippen molar-refractivity contribution < 1.29 is 0 Å². The van der Waals surface area contributed by atoms with Gasteiger partial charge in [0.1, 0.15) is 5.82 Å². The van der Waals surface area contributed by atoms with Gasteiger partial charge in [-0.2, -0.15) is 0 Å². The first kappa shape index (κ1) is 8.34. The fourth-order valence-electron chi connectivity index (χ4n) is 1.27. The lowest BCUT2D eigenvalue weighted by molar-refractivity contribution is 0.904. The molecule has 2 heterocycles. The highest BCUT2D eigenvalue weighted by molar-refractivity contribution is 6.32. The van der Waals surface area contributed by atoms with Crippen LogP contribution in [0.5, 0.6) is 0 Å². The normalized spacial score (nSPS) is 10.9. The van der Waals surface area contributed by atoms with Gasteiger partial charge in [0, 0.05) is 11.9 Å². The van der Waals surface area contributed by atoms with Crippen molar-refractivity contribution >= 4 is 22.8 Å². The van der Waals surface area contributed by atoms with Crippen LogP contribution in [0.4, 0.5) is 5.69 Å².